The second-order valence-electron chi connectivity index (χ2n) is 9.32. The van der Waals surface area contributed by atoms with Crippen LogP contribution in [0.2, 0.25) is 0 Å². The van der Waals surface area contributed by atoms with Crippen LogP contribution in [0.15, 0.2) is 27.7 Å². The van der Waals surface area contributed by atoms with E-state index in [1.54, 1.807) is 6.07 Å². The maximum Gasteiger partial charge on any atom is 0.324 e. The van der Waals surface area contributed by atoms with Gasteiger partial charge in [0.25, 0.3) is 0 Å². The van der Waals surface area contributed by atoms with Gasteiger partial charge in [0.2, 0.25) is 11.7 Å². The third kappa shape index (κ3) is 6.20. The molecule has 2 aromatic heterocycles. The molecule has 33 heavy (non-hydrogen) atoms. The lowest BCUT2D eigenvalue weighted by Gasteiger charge is -2.35. The standard InChI is InChI=1S/C22H31FN4O5S/c1-22(2,23)20-25-21(32-26-20)27-12-10-17(11-13-27)30-15-4-6-16(7-5-15)31-19-9-8-18(14-24-19)33(3,28)29/h8-9,14-17H,4-7,10-13H2,1-3H3/t15-,16-. The Kier molecular flexibility index (Phi) is 6.90. The van der Waals surface area contributed by atoms with Crippen LogP contribution in [0.5, 0.6) is 5.88 Å². The van der Waals surface area contributed by atoms with Gasteiger partial charge in [0.15, 0.2) is 15.5 Å². The topological polar surface area (TPSA) is 108 Å². The molecule has 11 heteroatoms. The van der Waals surface area contributed by atoms with E-state index in [0.717, 1.165) is 57.9 Å². The van der Waals surface area contributed by atoms with E-state index in [1.807, 2.05) is 4.90 Å². The average Bonchev–Trinajstić information content (AvgIpc) is 3.26. The minimum Gasteiger partial charge on any atom is -0.474 e. The monoisotopic (exact) mass is 482 g/mol. The summed E-state index contributed by atoms with van der Waals surface area (Å²) in [6, 6.07) is 3.49. The Morgan fingerprint density at radius 2 is 1.70 bits per heavy atom. The fourth-order valence-electron chi connectivity index (χ4n) is 4.15. The molecule has 2 fully saturated rings. The number of pyridine rings is 1. The van der Waals surface area contributed by atoms with Crippen LogP contribution in [0.3, 0.4) is 0 Å². The summed E-state index contributed by atoms with van der Waals surface area (Å²) in [4.78, 5) is 10.5. The van der Waals surface area contributed by atoms with Crippen molar-refractivity contribution >= 4 is 15.9 Å². The first-order valence-corrected chi connectivity index (χ1v) is 13.2. The number of piperidine rings is 1. The third-order valence-electron chi connectivity index (χ3n) is 6.09. The van der Waals surface area contributed by atoms with E-state index < -0.39 is 15.5 Å². The van der Waals surface area contributed by atoms with Gasteiger partial charge in [-0.25, -0.2) is 17.8 Å². The van der Waals surface area contributed by atoms with E-state index in [0.29, 0.717) is 11.9 Å². The number of nitrogens with zero attached hydrogens (tertiary/aromatic N) is 4. The highest BCUT2D eigenvalue weighted by Gasteiger charge is 2.31. The van der Waals surface area contributed by atoms with Crippen molar-refractivity contribution in [2.45, 2.75) is 81.2 Å². The smallest absolute Gasteiger partial charge is 0.324 e. The molecule has 0 unspecified atom stereocenters. The van der Waals surface area contributed by atoms with E-state index in [1.165, 1.54) is 26.1 Å². The van der Waals surface area contributed by atoms with Gasteiger partial charge in [-0.3, -0.25) is 0 Å². The van der Waals surface area contributed by atoms with Crippen LogP contribution in [-0.2, 0) is 20.2 Å². The van der Waals surface area contributed by atoms with Crippen molar-refractivity contribution in [3.8, 4) is 5.88 Å². The van der Waals surface area contributed by atoms with Crippen molar-refractivity contribution < 1.29 is 26.8 Å². The van der Waals surface area contributed by atoms with E-state index in [2.05, 4.69) is 15.1 Å². The predicted molar refractivity (Wildman–Crippen MR) is 119 cm³/mol. The van der Waals surface area contributed by atoms with Crippen LogP contribution in [0.4, 0.5) is 10.4 Å². The SMILES string of the molecule is CC(C)(F)c1noc(N2CCC(O[C@H]3CC[C@H](Oc4ccc(S(C)(=O)=O)cn4)CC3)CC2)n1. The molecule has 0 N–H and O–H groups in total. The molecule has 1 aliphatic heterocycles. The van der Waals surface area contributed by atoms with Crippen LogP contribution in [-0.4, -0.2) is 61.2 Å². The summed E-state index contributed by atoms with van der Waals surface area (Å²) in [5, 5.41) is 3.75. The third-order valence-corrected chi connectivity index (χ3v) is 7.19. The normalized spacial score (nSPS) is 23.0. The number of halogens is 1. The highest BCUT2D eigenvalue weighted by atomic mass is 32.2. The number of alkyl halides is 1. The lowest BCUT2D eigenvalue weighted by molar-refractivity contribution is -0.0533. The van der Waals surface area contributed by atoms with E-state index in [4.69, 9.17) is 14.0 Å². The number of hydrogen-bond acceptors (Lipinski definition) is 9. The molecule has 4 rings (SSSR count). The highest BCUT2D eigenvalue weighted by Crippen LogP contribution is 2.29. The van der Waals surface area contributed by atoms with Crippen molar-refractivity contribution in [1.29, 1.82) is 0 Å². The maximum atomic E-state index is 14.0. The Hall–Kier alpha value is -2.27. The van der Waals surface area contributed by atoms with Gasteiger partial charge < -0.3 is 18.9 Å². The molecule has 9 nitrogen and oxygen atoms in total. The molecule has 182 valence electrons. The summed E-state index contributed by atoms with van der Waals surface area (Å²) < 4.78 is 54.6. The zero-order valence-electron chi connectivity index (χ0n) is 19.2. The van der Waals surface area contributed by atoms with Crippen LogP contribution in [0.25, 0.3) is 0 Å². The second kappa shape index (κ2) is 9.54. The summed E-state index contributed by atoms with van der Waals surface area (Å²) in [7, 11) is -3.26. The Bertz CT molecular complexity index is 1020. The fraction of sp³-hybridized carbons (Fsp3) is 0.682. The Morgan fingerprint density at radius 1 is 1.06 bits per heavy atom. The van der Waals surface area contributed by atoms with E-state index in [-0.39, 0.29) is 29.0 Å². The average molecular weight is 483 g/mol. The number of sulfone groups is 1. The van der Waals surface area contributed by atoms with E-state index in [9.17, 15) is 12.8 Å². The second-order valence-corrected chi connectivity index (χ2v) is 11.3. The predicted octanol–water partition coefficient (Wildman–Crippen LogP) is 3.45. The molecular weight excluding hydrogens is 451 g/mol. The number of anilines is 1. The number of ether oxygens (including phenoxy) is 2. The minimum atomic E-state index is -3.26. The molecule has 0 spiro atoms. The molecule has 0 radical (unpaired) electrons. The van der Waals surface area contributed by atoms with Crippen LogP contribution >= 0.6 is 0 Å². The van der Waals surface area contributed by atoms with Crippen molar-refractivity contribution in [1.82, 2.24) is 15.1 Å². The Morgan fingerprint density at radius 3 is 2.24 bits per heavy atom. The summed E-state index contributed by atoms with van der Waals surface area (Å²) in [5.41, 5.74) is -1.62. The van der Waals surface area contributed by atoms with Gasteiger partial charge in [0.1, 0.15) is 6.10 Å². The zero-order valence-corrected chi connectivity index (χ0v) is 20.1. The van der Waals surface area contributed by atoms with Gasteiger partial charge in [0, 0.05) is 31.6 Å². The summed E-state index contributed by atoms with van der Waals surface area (Å²) >= 11 is 0. The summed E-state index contributed by atoms with van der Waals surface area (Å²) in [6.07, 6.45) is 8.16. The molecule has 3 heterocycles. The van der Waals surface area contributed by atoms with Crippen molar-refractivity contribution in [3.05, 3.63) is 24.2 Å². The molecule has 0 atom stereocenters. The molecule has 1 aliphatic carbocycles. The minimum absolute atomic E-state index is 0.0507. The Labute approximate surface area is 193 Å². The number of aromatic nitrogens is 3. The lowest BCUT2D eigenvalue weighted by Crippen LogP contribution is -2.40. The van der Waals surface area contributed by atoms with Crippen molar-refractivity contribution in [2.75, 3.05) is 24.2 Å². The lowest BCUT2D eigenvalue weighted by atomic mass is 9.94. The number of hydrogen-bond donors (Lipinski definition) is 0. The zero-order chi connectivity index (χ0) is 23.6. The van der Waals surface area contributed by atoms with Gasteiger partial charge in [-0.1, -0.05) is 5.16 Å². The molecule has 2 aliphatic rings. The fourth-order valence-corrected chi connectivity index (χ4v) is 4.71. The first-order chi connectivity index (χ1) is 15.6. The maximum absolute atomic E-state index is 14.0. The van der Waals surface area contributed by atoms with Gasteiger partial charge >= 0.3 is 6.01 Å². The summed E-state index contributed by atoms with van der Waals surface area (Å²) in [5.74, 6) is 0.510. The largest absolute Gasteiger partial charge is 0.474 e. The van der Waals surface area contributed by atoms with Gasteiger partial charge in [-0.2, -0.15) is 4.98 Å². The van der Waals surface area contributed by atoms with Crippen LogP contribution in [0.1, 0.15) is 58.2 Å². The molecule has 1 saturated heterocycles. The number of rotatable bonds is 7. The molecule has 0 bridgehead atoms. The molecule has 1 saturated carbocycles. The molecular formula is C22H31FN4O5S. The Balaban J connectivity index is 1.19. The van der Waals surface area contributed by atoms with Gasteiger partial charge in [-0.15, -0.1) is 0 Å². The molecule has 0 aromatic carbocycles. The molecule has 0 amide bonds. The van der Waals surface area contributed by atoms with Crippen molar-refractivity contribution in [2.24, 2.45) is 0 Å². The summed E-state index contributed by atoms with van der Waals surface area (Å²) in [6.45, 7) is 4.28. The van der Waals surface area contributed by atoms with Gasteiger partial charge in [0.05, 0.1) is 17.1 Å². The van der Waals surface area contributed by atoms with Crippen LogP contribution < -0.4 is 9.64 Å². The first-order valence-electron chi connectivity index (χ1n) is 11.3. The van der Waals surface area contributed by atoms with Gasteiger partial charge in [-0.05, 0) is 58.4 Å². The van der Waals surface area contributed by atoms with Crippen molar-refractivity contribution in [3.63, 3.8) is 0 Å². The van der Waals surface area contributed by atoms with E-state index >= 15 is 0 Å². The van der Waals surface area contributed by atoms with Crippen LogP contribution in [0, 0.1) is 0 Å². The molecule has 2 aromatic rings. The first kappa shape index (κ1) is 23.9. The quantitative estimate of drug-likeness (QED) is 0.586. The highest BCUT2D eigenvalue weighted by molar-refractivity contribution is 7.90.